The van der Waals surface area contributed by atoms with E-state index in [1.165, 1.54) is 6.42 Å². The molecule has 0 bridgehead atoms. The van der Waals surface area contributed by atoms with Crippen LogP contribution in [0.4, 0.5) is 0 Å². The highest BCUT2D eigenvalue weighted by atomic mass is 16.2. The van der Waals surface area contributed by atoms with Gasteiger partial charge in [0.2, 0.25) is 5.43 Å². The second kappa shape index (κ2) is 10.7. The highest BCUT2D eigenvalue weighted by molar-refractivity contribution is 5.99. The van der Waals surface area contributed by atoms with E-state index in [0.29, 0.717) is 12.2 Å². The molecule has 3 aromatic heterocycles. The number of carbonyl (C=O) groups is 2. The van der Waals surface area contributed by atoms with Crippen molar-refractivity contribution in [2.24, 2.45) is 0 Å². The number of carbonyl (C=O) groups excluding carboxylic acids is 2. The van der Waals surface area contributed by atoms with Gasteiger partial charge >= 0.3 is 0 Å². The van der Waals surface area contributed by atoms with Crippen molar-refractivity contribution in [3.05, 3.63) is 69.5 Å². The molecule has 4 rings (SSSR count). The molecule has 180 valence electrons. The molecular weight excluding hydrogens is 430 g/mol. The predicted octanol–water partition coefficient (Wildman–Crippen LogP) is 3.77. The van der Waals surface area contributed by atoms with E-state index in [9.17, 15) is 14.4 Å². The molecule has 3 aromatic rings. The van der Waals surface area contributed by atoms with Crippen LogP contribution in [0.15, 0.2) is 41.6 Å². The molecule has 0 radical (unpaired) electrons. The maximum absolute atomic E-state index is 13.2. The summed E-state index contributed by atoms with van der Waals surface area (Å²) < 4.78 is 3.86. The SMILES string of the molecule is CCCCNC(=O)c1cn(C2CCCCC2)cc(C(=O)NCc2cn3c(C)cccc3n2)c1=O. The minimum absolute atomic E-state index is 0.00587. The lowest BCUT2D eigenvalue weighted by molar-refractivity contribution is 0.0947. The summed E-state index contributed by atoms with van der Waals surface area (Å²) in [7, 11) is 0. The summed E-state index contributed by atoms with van der Waals surface area (Å²) in [6, 6.07) is 6.01. The van der Waals surface area contributed by atoms with Gasteiger partial charge in [0.25, 0.3) is 11.8 Å². The van der Waals surface area contributed by atoms with E-state index in [1.54, 1.807) is 12.4 Å². The maximum atomic E-state index is 13.2. The molecule has 1 fully saturated rings. The molecule has 8 heteroatoms. The molecule has 0 spiro atoms. The lowest BCUT2D eigenvalue weighted by Crippen LogP contribution is -2.36. The Bertz CT molecular complexity index is 1240. The summed E-state index contributed by atoms with van der Waals surface area (Å²) in [5.41, 5.74) is 2.02. The number of nitrogens with one attached hydrogen (secondary N) is 2. The molecule has 0 atom stereocenters. The standard InChI is InChI=1S/C26H33N5O3/c1-3-4-13-27-25(33)21-16-30(20-10-6-5-7-11-20)17-22(24(21)32)26(34)28-14-19-15-31-18(2)9-8-12-23(31)29-19/h8-9,12,15-17,20H,3-7,10-11,13-14H2,1-2H3,(H,27,33)(H,28,34). The molecule has 2 N–H and O–H groups in total. The maximum Gasteiger partial charge on any atom is 0.257 e. The summed E-state index contributed by atoms with van der Waals surface area (Å²) in [5, 5.41) is 5.64. The zero-order valence-corrected chi connectivity index (χ0v) is 20.0. The largest absolute Gasteiger partial charge is 0.352 e. The Hall–Kier alpha value is -3.42. The van der Waals surface area contributed by atoms with Gasteiger partial charge in [0.15, 0.2) is 0 Å². The van der Waals surface area contributed by atoms with Crippen molar-refractivity contribution in [1.29, 1.82) is 0 Å². The molecule has 3 heterocycles. The van der Waals surface area contributed by atoms with Crippen LogP contribution in [0.3, 0.4) is 0 Å². The summed E-state index contributed by atoms with van der Waals surface area (Å²) in [4.78, 5) is 43.6. The number of pyridine rings is 2. The third kappa shape index (κ3) is 5.21. The van der Waals surface area contributed by atoms with Crippen LogP contribution in [-0.2, 0) is 6.54 Å². The second-order valence-corrected chi connectivity index (χ2v) is 9.07. The Morgan fingerprint density at radius 3 is 2.41 bits per heavy atom. The number of rotatable bonds is 8. The number of amides is 2. The lowest BCUT2D eigenvalue weighted by Gasteiger charge is -2.25. The van der Waals surface area contributed by atoms with Crippen molar-refractivity contribution < 1.29 is 9.59 Å². The molecule has 0 aromatic carbocycles. The van der Waals surface area contributed by atoms with Crippen molar-refractivity contribution in [3.8, 4) is 0 Å². The van der Waals surface area contributed by atoms with E-state index in [4.69, 9.17) is 0 Å². The Balaban J connectivity index is 1.59. The molecule has 2 amide bonds. The summed E-state index contributed by atoms with van der Waals surface area (Å²) in [5.74, 6) is -0.917. The molecule has 0 saturated heterocycles. The first kappa shape index (κ1) is 23.7. The molecular formula is C26H33N5O3. The number of aryl methyl sites for hydroxylation is 1. The monoisotopic (exact) mass is 463 g/mol. The number of unbranched alkanes of at least 4 members (excludes halogenated alkanes) is 1. The van der Waals surface area contributed by atoms with Crippen LogP contribution in [0.25, 0.3) is 5.65 Å². The molecule has 1 aliphatic carbocycles. The summed E-state index contributed by atoms with van der Waals surface area (Å²) in [6.07, 6.45) is 12.2. The van der Waals surface area contributed by atoms with Crippen LogP contribution in [0.5, 0.6) is 0 Å². The fourth-order valence-electron chi connectivity index (χ4n) is 4.54. The van der Waals surface area contributed by atoms with Crippen LogP contribution in [0, 0.1) is 6.92 Å². The first-order valence-corrected chi connectivity index (χ1v) is 12.2. The molecule has 0 aliphatic heterocycles. The number of hydrogen-bond acceptors (Lipinski definition) is 4. The van der Waals surface area contributed by atoms with Gasteiger partial charge < -0.3 is 19.6 Å². The first-order valence-electron chi connectivity index (χ1n) is 12.2. The van der Waals surface area contributed by atoms with Crippen molar-refractivity contribution in [3.63, 3.8) is 0 Å². The molecule has 34 heavy (non-hydrogen) atoms. The van der Waals surface area contributed by atoms with Gasteiger partial charge in [0.05, 0.1) is 12.2 Å². The van der Waals surface area contributed by atoms with Gasteiger partial charge in [-0.05, 0) is 38.3 Å². The lowest BCUT2D eigenvalue weighted by atomic mass is 9.95. The van der Waals surface area contributed by atoms with E-state index in [0.717, 1.165) is 49.9 Å². The normalized spacial score (nSPS) is 14.3. The van der Waals surface area contributed by atoms with E-state index in [1.807, 2.05) is 47.2 Å². The Labute approximate surface area is 199 Å². The Morgan fingerprint density at radius 2 is 1.74 bits per heavy atom. The van der Waals surface area contributed by atoms with E-state index >= 15 is 0 Å². The molecule has 8 nitrogen and oxygen atoms in total. The van der Waals surface area contributed by atoms with E-state index in [2.05, 4.69) is 15.6 Å². The minimum Gasteiger partial charge on any atom is -0.352 e. The van der Waals surface area contributed by atoms with Crippen LogP contribution >= 0.6 is 0 Å². The number of hydrogen-bond donors (Lipinski definition) is 2. The van der Waals surface area contributed by atoms with Crippen LogP contribution in [-0.4, -0.2) is 32.3 Å². The number of aromatic nitrogens is 3. The number of imidazole rings is 1. The third-order valence-electron chi connectivity index (χ3n) is 6.52. The van der Waals surface area contributed by atoms with Gasteiger partial charge in [0.1, 0.15) is 16.8 Å². The average Bonchev–Trinajstić information content (AvgIpc) is 3.28. The Morgan fingerprint density at radius 1 is 1.03 bits per heavy atom. The molecule has 0 unspecified atom stereocenters. The van der Waals surface area contributed by atoms with Gasteiger partial charge in [-0.25, -0.2) is 4.98 Å². The van der Waals surface area contributed by atoms with Crippen molar-refractivity contribution >= 4 is 17.5 Å². The zero-order valence-electron chi connectivity index (χ0n) is 20.0. The topological polar surface area (TPSA) is 97.5 Å². The third-order valence-corrected chi connectivity index (χ3v) is 6.52. The summed E-state index contributed by atoms with van der Waals surface area (Å²) >= 11 is 0. The average molecular weight is 464 g/mol. The smallest absolute Gasteiger partial charge is 0.257 e. The van der Waals surface area contributed by atoms with Gasteiger partial charge in [-0.15, -0.1) is 0 Å². The second-order valence-electron chi connectivity index (χ2n) is 9.07. The van der Waals surface area contributed by atoms with Crippen LogP contribution < -0.4 is 16.1 Å². The highest BCUT2D eigenvalue weighted by Gasteiger charge is 2.23. The zero-order chi connectivity index (χ0) is 24.1. The molecule has 1 aliphatic rings. The fraction of sp³-hybridized carbons (Fsp3) is 0.462. The van der Waals surface area contributed by atoms with Gasteiger partial charge in [-0.2, -0.15) is 0 Å². The Kier molecular flexibility index (Phi) is 7.45. The first-order chi connectivity index (χ1) is 16.5. The number of fused-ring (bicyclic) bond motifs is 1. The van der Waals surface area contributed by atoms with Crippen LogP contribution in [0.2, 0.25) is 0 Å². The molecule has 1 saturated carbocycles. The van der Waals surface area contributed by atoms with Crippen molar-refractivity contribution in [2.75, 3.05) is 6.54 Å². The fourth-order valence-corrected chi connectivity index (χ4v) is 4.54. The van der Waals surface area contributed by atoms with Crippen LogP contribution in [0.1, 0.15) is 90.0 Å². The highest BCUT2D eigenvalue weighted by Crippen LogP contribution is 2.28. The predicted molar refractivity (Wildman–Crippen MR) is 131 cm³/mol. The van der Waals surface area contributed by atoms with Crippen molar-refractivity contribution in [1.82, 2.24) is 24.6 Å². The van der Waals surface area contributed by atoms with Crippen molar-refractivity contribution in [2.45, 2.75) is 71.4 Å². The van der Waals surface area contributed by atoms with E-state index < -0.39 is 17.2 Å². The minimum atomic E-state index is -0.538. The number of nitrogens with zero attached hydrogens (tertiary/aromatic N) is 3. The summed E-state index contributed by atoms with van der Waals surface area (Å²) in [6.45, 7) is 4.72. The van der Waals surface area contributed by atoms with Gasteiger partial charge in [-0.3, -0.25) is 14.4 Å². The van der Waals surface area contributed by atoms with Gasteiger partial charge in [0, 0.05) is 36.9 Å². The van der Waals surface area contributed by atoms with Gasteiger partial charge in [-0.1, -0.05) is 38.7 Å². The van der Waals surface area contributed by atoms with E-state index in [-0.39, 0.29) is 23.7 Å². The quantitative estimate of drug-likeness (QED) is 0.497.